The molecule has 0 bridgehead atoms. The summed E-state index contributed by atoms with van der Waals surface area (Å²) in [5.41, 5.74) is 3.47. The molecule has 0 saturated heterocycles. The molecule has 0 fully saturated rings. The van der Waals surface area contributed by atoms with Gasteiger partial charge in [-0.1, -0.05) is 12.1 Å². The maximum Gasteiger partial charge on any atom is 0.119 e. The highest BCUT2D eigenvalue weighted by molar-refractivity contribution is 6.08. The van der Waals surface area contributed by atoms with Gasteiger partial charge in [-0.25, -0.2) is 0 Å². The van der Waals surface area contributed by atoms with E-state index in [1.807, 2.05) is 30.6 Å². The zero-order chi connectivity index (χ0) is 16.5. The monoisotopic (exact) mass is 318 g/mol. The molecule has 4 aromatic rings. The van der Waals surface area contributed by atoms with Crippen molar-refractivity contribution in [2.75, 3.05) is 14.2 Å². The summed E-state index contributed by atoms with van der Waals surface area (Å²) in [4.78, 5) is 4.31. The lowest BCUT2D eigenvalue weighted by atomic mass is 10.2. The third-order valence-corrected chi connectivity index (χ3v) is 4.35. The van der Waals surface area contributed by atoms with Crippen molar-refractivity contribution in [1.29, 1.82) is 0 Å². The zero-order valence-corrected chi connectivity index (χ0v) is 13.7. The summed E-state index contributed by atoms with van der Waals surface area (Å²) in [6, 6.07) is 16.4. The normalized spacial score (nSPS) is 11.1. The Balaban J connectivity index is 1.92. The SMILES string of the molecule is COc1cccc(Cn2c3ccc(OC)cc3c3ccncc32)c1. The van der Waals surface area contributed by atoms with E-state index in [2.05, 4.69) is 39.9 Å². The molecule has 4 heteroatoms. The maximum absolute atomic E-state index is 5.39. The lowest BCUT2D eigenvalue weighted by molar-refractivity contribution is 0.414. The van der Waals surface area contributed by atoms with Crippen LogP contribution in [0.2, 0.25) is 0 Å². The van der Waals surface area contributed by atoms with Crippen LogP contribution in [0.25, 0.3) is 21.8 Å². The highest BCUT2D eigenvalue weighted by atomic mass is 16.5. The number of hydrogen-bond donors (Lipinski definition) is 0. The summed E-state index contributed by atoms with van der Waals surface area (Å²) in [5, 5.41) is 2.36. The predicted molar refractivity (Wildman–Crippen MR) is 95.9 cm³/mol. The van der Waals surface area contributed by atoms with Crippen LogP contribution in [-0.4, -0.2) is 23.8 Å². The topological polar surface area (TPSA) is 36.3 Å². The van der Waals surface area contributed by atoms with Crippen molar-refractivity contribution >= 4 is 21.8 Å². The molecule has 4 nitrogen and oxygen atoms in total. The lowest BCUT2D eigenvalue weighted by Crippen LogP contribution is -2.00. The number of fused-ring (bicyclic) bond motifs is 3. The highest BCUT2D eigenvalue weighted by Gasteiger charge is 2.12. The van der Waals surface area contributed by atoms with Crippen LogP contribution < -0.4 is 9.47 Å². The average molecular weight is 318 g/mol. The van der Waals surface area contributed by atoms with E-state index in [0.717, 1.165) is 23.6 Å². The molecule has 0 N–H and O–H groups in total. The Morgan fingerprint density at radius 2 is 1.71 bits per heavy atom. The largest absolute Gasteiger partial charge is 0.497 e. The van der Waals surface area contributed by atoms with Gasteiger partial charge in [0, 0.05) is 29.0 Å². The Labute approximate surface area is 140 Å². The van der Waals surface area contributed by atoms with E-state index in [4.69, 9.17) is 9.47 Å². The summed E-state index contributed by atoms with van der Waals surface area (Å²) in [7, 11) is 3.38. The molecule has 120 valence electrons. The van der Waals surface area contributed by atoms with E-state index in [1.165, 1.54) is 21.9 Å². The Bertz CT molecular complexity index is 1020. The second kappa shape index (κ2) is 5.89. The molecule has 0 radical (unpaired) electrons. The van der Waals surface area contributed by atoms with Crippen LogP contribution in [-0.2, 0) is 6.54 Å². The van der Waals surface area contributed by atoms with Gasteiger partial charge in [-0.05, 0) is 42.0 Å². The van der Waals surface area contributed by atoms with Gasteiger partial charge in [0.25, 0.3) is 0 Å². The molecule has 0 aliphatic rings. The maximum atomic E-state index is 5.39. The van der Waals surface area contributed by atoms with E-state index in [-0.39, 0.29) is 0 Å². The first kappa shape index (κ1) is 14.6. The number of pyridine rings is 1. The van der Waals surface area contributed by atoms with Gasteiger partial charge in [0.1, 0.15) is 11.5 Å². The van der Waals surface area contributed by atoms with Gasteiger partial charge < -0.3 is 14.0 Å². The fourth-order valence-electron chi connectivity index (χ4n) is 3.18. The van der Waals surface area contributed by atoms with E-state index in [9.17, 15) is 0 Å². The van der Waals surface area contributed by atoms with Gasteiger partial charge in [0.05, 0.1) is 25.9 Å². The molecule has 2 aromatic carbocycles. The number of rotatable bonds is 4. The number of nitrogens with zero attached hydrogens (tertiary/aromatic N) is 2. The Hall–Kier alpha value is -3.01. The molecule has 0 atom stereocenters. The Morgan fingerprint density at radius 3 is 2.54 bits per heavy atom. The van der Waals surface area contributed by atoms with Crippen molar-refractivity contribution in [3.05, 3.63) is 66.5 Å². The third-order valence-electron chi connectivity index (χ3n) is 4.35. The minimum atomic E-state index is 0.759. The molecule has 0 spiro atoms. The van der Waals surface area contributed by atoms with E-state index in [1.54, 1.807) is 14.2 Å². The summed E-state index contributed by atoms with van der Waals surface area (Å²) in [6.07, 6.45) is 3.75. The van der Waals surface area contributed by atoms with Crippen LogP contribution in [0.15, 0.2) is 60.9 Å². The molecule has 0 unspecified atom stereocenters. The summed E-state index contributed by atoms with van der Waals surface area (Å²) in [6.45, 7) is 0.759. The van der Waals surface area contributed by atoms with Gasteiger partial charge in [-0.15, -0.1) is 0 Å². The highest BCUT2D eigenvalue weighted by Crippen LogP contribution is 2.32. The van der Waals surface area contributed by atoms with Gasteiger partial charge in [0.2, 0.25) is 0 Å². The van der Waals surface area contributed by atoms with Gasteiger partial charge in [-0.2, -0.15) is 0 Å². The Kier molecular flexibility index (Phi) is 3.58. The fraction of sp³-hybridized carbons (Fsp3) is 0.150. The lowest BCUT2D eigenvalue weighted by Gasteiger charge is -2.09. The molecule has 24 heavy (non-hydrogen) atoms. The second-order valence-corrected chi connectivity index (χ2v) is 5.71. The molecular formula is C20H18N2O2. The zero-order valence-electron chi connectivity index (χ0n) is 13.7. The Morgan fingerprint density at radius 1 is 0.875 bits per heavy atom. The van der Waals surface area contributed by atoms with Gasteiger partial charge in [-0.3, -0.25) is 4.98 Å². The molecule has 4 rings (SSSR count). The quantitative estimate of drug-likeness (QED) is 0.564. The first-order valence-electron chi connectivity index (χ1n) is 7.83. The van der Waals surface area contributed by atoms with Crippen molar-refractivity contribution < 1.29 is 9.47 Å². The average Bonchev–Trinajstić information content (AvgIpc) is 2.95. The molecular weight excluding hydrogens is 300 g/mol. The molecule has 2 aromatic heterocycles. The van der Waals surface area contributed by atoms with Crippen molar-refractivity contribution in [2.24, 2.45) is 0 Å². The first-order chi connectivity index (χ1) is 11.8. The number of methoxy groups -OCH3 is 2. The molecule has 0 aliphatic heterocycles. The van der Waals surface area contributed by atoms with Crippen LogP contribution in [0.4, 0.5) is 0 Å². The minimum absolute atomic E-state index is 0.759. The smallest absolute Gasteiger partial charge is 0.119 e. The van der Waals surface area contributed by atoms with Crippen LogP contribution in [0.3, 0.4) is 0 Å². The number of benzene rings is 2. The van der Waals surface area contributed by atoms with Crippen LogP contribution >= 0.6 is 0 Å². The predicted octanol–water partition coefficient (Wildman–Crippen LogP) is 4.26. The third kappa shape index (κ3) is 2.36. The molecule has 2 heterocycles. The van der Waals surface area contributed by atoms with Crippen molar-refractivity contribution in [1.82, 2.24) is 9.55 Å². The molecule has 0 saturated carbocycles. The van der Waals surface area contributed by atoms with E-state index in [0.29, 0.717) is 0 Å². The van der Waals surface area contributed by atoms with E-state index < -0.39 is 0 Å². The first-order valence-corrected chi connectivity index (χ1v) is 7.83. The summed E-state index contributed by atoms with van der Waals surface area (Å²) in [5.74, 6) is 1.73. The van der Waals surface area contributed by atoms with Crippen LogP contribution in [0.5, 0.6) is 11.5 Å². The van der Waals surface area contributed by atoms with Crippen LogP contribution in [0, 0.1) is 0 Å². The van der Waals surface area contributed by atoms with Gasteiger partial charge >= 0.3 is 0 Å². The number of ether oxygens (including phenoxy) is 2. The molecule has 0 amide bonds. The minimum Gasteiger partial charge on any atom is -0.497 e. The second-order valence-electron chi connectivity index (χ2n) is 5.71. The van der Waals surface area contributed by atoms with Gasteiger partial charge in [0.15, 0.2) is 0 Å². The summed E-state index contributed by atoms with van der Waals surface area (Å²) >= 11 is 0. The fourth-order valence-corrected chi connectivity index (χ4v) is 3.18. The van der Waals surface area contributed by atoms with Crippen molar-refractivity contribution in [3.63, 3.8) is 0 Å². The number of aromatic nitrogens is 2. The standard InChI is InChI=1S/C20H18N2O2/c1-23-15-5-3-4-14(10-15)13-22-19-7-6-16(24-2)11-18(19)17-8-9-21-12-20(17)22/h3-12H,13H2,1-2H3. The number of hydrogen-bond acceptors (Lipinski definition) is 3. The van der Waals surface area contributed by atoms with Crippen molar-refractivity contribution in [3.8, 4) is 11.5 Å². The van der Waals surface area contributed by atoms with Crippen molar-refractivity contribution in [2.45, 2.75) is 6.54 Å². The molecule has 0 aliphatic carbocycles. The van der Waals surface area contributed by atoms with E-state index >= 15 is 0 Å². The summed E-state index contributed by atoms with van der Waals surface area (Å²) < 4.78 is 13.0. The van der Waals surface area contributed by atoms with Crippen LogP contribution in [0.1, 0.15) is 5.56 Å².